The highest BCUT2D eigenvalue weighted by molar-refractivity contribution is 8.00. The fourth-order valence-electron chi connectivity index (χ4n) is 2.34. The second-order valence-electron chi connectivity index (χ2n) is 5.92. The van der Waals surface area contributed by atoms with Crippen LogP contribution in [-0.4, -0.2) is 24.2 Å². The highest BCUT2D eigenvalue weighted by Gasteiger charge is 2.15. The number of hydrogen-bond acceptors (Lipinski definition) is 4. The summed E-state index contributed by atoms with van der Waals surface area (Å²) in [6.07, 6.45) is 1.29. The molecule has 0 saturated carbocycles. The number of ether oxygens (including phenoxy) is 1. The van der Waals surface area contributed by atoms with Crippen LogP contribution in [-0.2, 0) is 9.59 Å². The summed E-state index contributed by atoms with van der Waals surface area (Å²) in [5.74, 6) is 0.405. The molecule has 0 fully saturated rings. The normalized spacial score (nSPS) is 11.6. The Labute approximate surface area is 168 Å². The van der Waals surface area contributed by atoms with Crippen LogP contribution in [0.4, 0.5) is 11.4 Å². The lowest BCUT2D eigenvalue weighted by atomic mass is 10.3. The molecule has 0 aliphatic carbocycles. The van der Waals surface area contributed by atoms with Gasteiger partial charge in [0.2, 0.25) is 11.8 Å². The van der Waals surface area contributed by atoms with E-state index in [-0.39, 0.29) is 17.1 Å². The SMILES string of the molecule is CCCC(=O)Nc1cccc(SC(C)C(=O)Nc2ccc(OC)c(Cl)c2)c1. The summed E-state index contributed by atoms with van der Waals surface area (Å²) < 4.78 is 5.11. The Bertz CT molecular complexity index is 814. The highest BCUT2D eigenvalue weighted by atomic mass is 35.5. The van der Waals surface area contributed by atoms with Crippen molar-refractivity contribution in [2.24, 2.45) is 0 Å². The molecule has 0 spiro atoms. The summed E-state index contributed by atoms with van der Waals surface area (Å²) in [7, 11) is 1.54. The molecule has 2 aromatic rings. The molecule has 2 aromatic carbocycles. The minimum absolute atomic E-state index is 0.0122. The quantitative estimate of drug-likeness (QED) is 0.591. The minimum Gasteiger partial charge on any atom is -0.495 e. The van der Waals surface area contributed by atoms with Gasteiger partial charge in [-0.25, -0.2) is 0 Å². The molecule has 144 valence electrons. The van der Waals surface area contributed by atoms with Gasteiger partial charge < -0.3 is 15.4 Å². The van der Waals surface area contributed by atoms with Gasteiger partial charge >= 0.3 is 0 Å². The first-order valence-corrected chi connectivity index (χ1v) is 9.89. The van der Waals surface area contributed by atoms with Crippen molar-refractivity contribution in [3.8, 4) is 5.75 Å². The Morgan fingerprint density at radius 1 is 1.15 bits per heavy atom. The predicted molar refractivity (Wildman–Crippen MR) is 112 cm³/mol. The van der Waals surface area contributed by atoms with Crippen molar-refractivity contribution >= 4 is 46.6 Å². The zero-order chi connectivity index (χ0) is 19.8. The second-order valence-corrected chi connectivity index (χ2v) is 7.75. The van der Waals surface area contributed by atoms with Crippen LogP contribution < -0.4 is 15.4 Å². The van der Waals surface area contributed by atoms with E-state index in [9.17, 15) is 9.59 Å². The van der Waals surface area contributed by atoms with Gasteiger partial charge in [0.05, 0.1) is 17.4 Å². The van der Waals surface area contributed by atoms with Crippen molar-refractivity contribution in [1.29, 1.82) is 0 Å². The van der Waals surface area contributed by atoms with Gasteiger partial charge in [-0.15, -0.1) is 11.8 Å². The first-order chi connectivity index (χ1) is 12.9. The number of halogens is 1. The van der Waals surface area contributed by atoms with Gasteiger partial charge in [0.15, 0.2) is 0 Å². The van der Waals surface area contributed by atoms with Crippen LogP contribution in [0.25, 0.3) is 0 Å². The van der Waals surface area contributed by atoms with Gasteiger partial charge in [-0.05, 0) is 49.7 Å². The molecule has 0 heterocycles. The number of anilines is 2. The molecule has 0 aliphatic heterocycles. The standard InChI is InChI=1S/C20H23ClN2O3S/c1-4-6-19(24)22-14-7-5-8-16(11-14)27-13(2)20(25)23-15-9-10-18(26-3)17(21)12-15/h5,7-13H,4,6H2,1-3H3,(H,22,24)(H,23,25). The maximum atomic E-state index is 12.5. The molecule has 0 aliphatic rings. The highest BCUT2D eigenvalue weighted by Crippen LogP contribution is 2.29. The van der Waals surface area contributed by atoms with Crippen LogP contribution in [0.15, 0.2) is 47.4 Å². The smallest absolute Gasteiger partial charge is 0.237 e. The van der Waals surface area contributed by atoms with Crippen LogP contribution in [0.1, 0.15) is 26.7 Å². The molecule has 2 N–H and O–H groups in total. The summed E-state index contributed by atoms with van der Waals surface area (Å²) in [6.45, 7) is 3.79. The number of amides is 2. The average Bonchev–Trinajstić information content (AvgIpc) is 2.62. The number of benzene rings is 2. The Balaban J connectivity index is 1.97. The molecular weight excluding hydrogens is 384 g/mol. The van der Waals surface area contributed by atoms with Gasteiger partial charge in [0.25, 0.3) is 0 Å². The van der Waals surface area contributed by atoms with Gasteiger partial charge in [-0.3, -0.25) is 9.59 Å². The van der Waals surface area contributed by atoms with Crippen molar-refractivity contribution in [1.82, 2.24) is 0 Å². The molecule has 1 unspecified atom stereocenters. The van der Waals surface area contributed by atoms with E-state index in [1.807, 2.05) is 38.1 Å². The fraction of sp³-hybridized carbons (Fsp3) is 0.300. The van der Waals surface area contributed by atoms with Crippen LogP contribution >= 0.6 is 23.4 Å². The Morgan fingerprint density at radius 2 is 1.89 bits per heavy atom. The van der Waals surface area contributed by atoms with E-state index in [1.54, 1.807) is 18.2 Å². The number of carbonyl (C=O) groups is 2. The molecule has 0 radical (unpaired) electrons. The third-order valence-corrected chi connectivity index (χ3v) is 5.09. The first-order valence-electron chi connectivity index (χ1n) is 8.64. The topological polar surface area (TPSA) is 67.4 Å². The third-order valence-electron chi connectivity index (χ3n) is 3.70. The van der Waals surface area contributed by atoms with Crippen molar-refractivity contribution in [2.45, 2.75) is 36.8 Å². The van der Waals surface area contributed by atoms with E-state index in [4.69, 9.17) is 16.3 Å². The van der Waals surface area contributed by atoms with Gasteiger partial charge in [0.1, 0.15) is 5.75 Å². The summed E-state index contributed by atoms with van der Waals surface area (Å²) >= 11 is 7.50. The molecule has 1 atom stereocenters. The van der Waals surface area contributed by atoms with Crippen LogP contribution in [0.3, 0.4) is 0 Å². The average molecular weight is 407 g/mol. The number of methoxy groups -OCH3 is 1. The molecule has 5 nitrogen and oxygen atoms in total. The van der Waals surface area contributed by atoms with E-state index in [0.29, 0.717) is 22.9 Å². The lowest BCUT2D eigenvalue weighted by molar-refractivity contribution is -0.116. The molecule has 2 amide bonds. The molecule has 0 bridgehead atoms. The number of rotatable bonds is 8. The van der Waals surface area contributed by atoms with Gasteiger partial charge in [-0.2, -0.15) is 0 Å². The van der Waals surface area contributed by atoms with E-state index in [2.05, 4.69) is 10.6 Å². The van der Waals surface area contributed by atoms with Crippen LogP contribution in [0, 0.1) is 0 Å². The number of hydrogen-bond donors (Lipinski definition) is 2. The first kappa shape index (κ1) is 21.1. The zero-order valence-corrected chi connectivity index (χ0v) is 17.1. The molecule has 27 heavy (non-hydrogen) atoms. The van der Waals surface area contributed by atoms with Gasteiger partial charge in [-0.1, -0.05) is 24.6 Å². The molecule has 0 saturated heterocycles. The number of nitrogens with one attached hydrogen (secondary N) is 2. The summed E-state index contributed by atoms with van der Waals surface area (Å²) in [5, 5.41) is 5.82. The number of carbonyl (C=O) groups excluding carboxylic acids is 2. The molecular formula is C20H23ClN2O3S. The van der Waals surface area contributed by atoms with E-state index < -0.39 is 0 Å². The summed E-state index contributed by atoms with van der Waals surface area (Å²) in [5.41, 5.74) is 1.34. The maximum absolute atomic E-state index is 12.5. The van der Waals surface area contributed by atoms with Crippen molar-refractivity contribution in [2.75, 3.05) is 17.7 Å². The zero-order valence-electron chi connectivity index (χ0n) is 15.5. The lowest BCUT2D eigenvalue weighted by Crippen LogP contribution is -2.22. The van der Waals surface area contributed by atoms with Crippen LogP contribution in [0.5, 0.6) is 5.75 Å². The van der Waals surface area contributed by atoms with E-state index >= 15 is 0 Å². The van der Waals surface area contributed by atoms with Crippen molar-refractivity contribution < 1.29 is 14.3 Å². The maximum Gasteiger partial charge on any atom is 0.237 e. The lowest BCUT2D eigenvalue weighted by Gasteiger charge is -2.14. The largest absolute Gasteiger partial charge is 0.495 e. The summed E-state index contributed by atoms with van der Waals surface area (Å²) in [6, 6.07) is 12.6. The summed E-state index contributed by atoms with van der Waals surface area (Å²) in [4.78, 5) is 25.1. The van der Waals surface area contributed by atoms with E-state index in [0.717, 1.165) is 17.0 Å². The number of thioether (sulfide) groups is 1. The van der Waals surface area contributed by atoms with Crippen LogP contribution in [0.2, 0.25) is 5.02 Å². The molecule has 0 aromatic heterocycles. The molecule has 2 rings (SSSR count). The second kappa shape index (κ2) is 10.2. The Morgan fingerprint density at radius 3 is 2.56 bits per heavy atom. The minimum atomic E-state index is -0.326. The molecule has 7 heteroatoms. The Hall–Kier alpha value is -2.18. The van der Waals surface area contributed by atoms with Crippen molar-refractivity contribution in [3.63, 3.8) is 0 Å². The third kappa shape index (κ3) is 6.48. The van der Waals surface area contributed by atoms with Gasteiger partial charge in [0, 0.05) is 22.7 Å². The Kier molecular flexibility index (Phi) is 8.00. The van der Waals surface area contributed by atoms with E-state index in [1.165, 1.54) is 18.9 Å². The monoisotopic (exact) mass is 406 g/mol. The fourth-order valence-corrected chi connectivity index (χ4v) is 3.53. The van der Waals surface area contributed by atoms with Crippen molar-refractivity contribution in [3.05, 3.63) is 47.5 Å². The predicted octanol–water partition coefficient (Wildman–Crippen LogP) is 5.21.